The molecule has 0 radical (unpaired) electrons. The summed E-state index contributed by atoms with van der Waals surface area (Å²) in [6.45, 7) is 1.87. The van der Waals surface area contributed by atoms with E-state index in [4.69, 9.17) is 15.2 Å². The van der Waals surface area contributed by atoms with Crippen molar-refractivity contribution in [1.29, 1.82) is 0 Å². The van der Waals surface area contributed by atoms with E-state index in [9.17, 15) is 9.59 Å². The molecule has 6 nitrogen and oxygen atoms in total. The second-order valence-electron chi connectivity index (χ2n) is 4.53. The highest BCUT2D eigenvalue weighted by molar-refractivity contribution is 6.21. The third kappa shape index (κ3) is 2.97. The topological polar surface area (TPSA) is 81.9 Å². The summed E-state index contributed by atoms with van der Waals surface area (Å²) < 4.78 is 10.2. The zero-order valence-electron chi connectivity index (χ0n) is 11.4. The molecule has 2 N–H and O–H groups in total. The summed E-state index contributed by atoms with van der Waals surface area (Å²) in [6, 6.07) is 4.77. The fraction of sp³-hybridized carbons (Fsp3) is 0.429. The highest BCUT2D eigenvalue weighted by Crippen LogP contribution is 2.24. The molecule has 2 rings (SSSR count). The molecule has 0 aliphatic carbocycles. The molecule has 0 unspecified atom stereocenters. The van der Waals surface area contributed by atoms with E-state index in [1.807, 2.05) is 0 Å². The number of nitrogens with zero attached hydrogens (tertiary/aromatic N) is 1. The Morgan fingerprint density at radius 1 is 1.10 bits per heavy atom. The van der Waals surface area contributed by atoms with Gasteiger partial charge in [0, 0.05) is 25.9 Å². The first-order valence-electron chi connectivity index (χ1n) is 6.47. The zero-order valence-corrected chi connectivity index (χ0v) is 11.4. The van der Waals surface area contributed by atoms with Crippen LogP contribution in [-0.4, -0.2) is 50.2 Å². The van der Waals surface area contributed by atoms with Crippen LogP contribution in [0.25, 0.3) is 0 Å². The molecule has 20 heavy (non-hydrogen) atoms. The number of anilines is 1. The first-order valence-corrected chi connectivity index (χ1v) is 6.47. The fourth-order valence-electron chi connectivity index (χ4n) is 2.08. The van der Waals surface area contributed by atoms with E-state index in [0.717, 1.165) is 0 Å². The van der Waals surface area contributed by atoms with Crippen molar-refractivity contribution in [1.82, 2.24) is 4.90 Å². The number of nitrogens with two attached hydrogens (primary N) is 1. The number of ether oxygens (including phenoxy) is 2. The van der Waals surface area contributed by atoms with Gasteiger partial charge in [0.15, 0.2) is 0 Å². The summed E-state index contributed by atoms with van der Waals surface area (Å²) >= 11 is 0. The third-order valence-electron chi connectivity index (χ3n) is 3.10. The van der Waals surface area contributed by atoms with Crippen molar-refractivity contribution in [2.45, 2.75) is 6.42 Å². The van der Waals surface area contributed by atoms with Crippen molar-refractivity contribution in [2.75, 3.05) is 39.2 Å². The first-order chi connectivity index (χ1) is 9.65. The standard InChI is InChI=1S/C14H18N2O4/c1-19-7-8-20-6-2-5-16-13(17)11-4-3-10(15)9-12(11)14(16)18/h3-4,9H,2,5-8,15H2,1H3. The van der Waals surface area contributed by atoms with Gasteiger partial charge in [0.25, 0.3) is 11.8 Å². The molecule has 1 aromatic carbocycles. The number of amides is 2. The van der Waals surface area contributed by atoms with Gasteiger partial charge in [-0.3, -0.25) is 14.5 Å². The second-order valence-corrected chi connectivity index (χ2v) is 4.53. The molecule has 0 bridgehead atoms. The smallest absolute Gasteiger partial charge is 0.261 e. The highest BCUT2D eigenvalue weighted by Gasteiger charge is 2.34. The number of benzene rings is 1. The molecule has 108 valence electrons. The van der Waals surface area contributed by atoms with Gasteiger partial charge in [-0.1, -0.05) is 0 Å². The van der Waals surface area contributed by atoms with Gasteiger partial charge < -0.3 is 15.2 Å². The number of carbonyl (C=O) groups excluding carboxylic acids is 2. The van der Waals surface area contributed by atoms with Gasteiger partial charge in [-0.15, -0.1) is 0 Å². The van der Waals surface area contributed by atoms with Gasteiger partial charge >= 0.3 is 0 Å². The molecule has 0 fully saturated rings. The summed E-state index contributed by atoms with van der Waals surface area (Å²) in [7, 11) is 1.61. The Kier molecular flexibility index (Phi) is 4.70. The van der Waals surface area contributed by atoms with Crippen LogP contribution in [0.1, 0.15) is 27.1 Å². The number of nitrogen functional groups attached to an aromatic ring is 1. The number of carbonyl (C=O) groups is 2. The van der Waals surface area contributed by atoms with Crippen molar-refractivity contribution < 1.29 is 19.1 Å². The van der Waals surface area contributed by atoms with E-state index in [0.29, 0.717) is 49.6 Å². The van der Waals surface area contributed by atoms with E-state index in [1.165, 1.54) is 4.90 Å². The van der Waals surface area contributed by atoms with Crippen molar-refractivity contribution in [3.63, 3.8) is 0 Å². The minimum absolute atomic E-state index is 0.262. The summed E-state index contributed by atoms with van der Waals surface area (Å²) in [4.78, 5) is 25.4. The highest BCUT2D eigenvalue weighted by atomic mass is 16.5. The van der Waals surface area contributed by atoms with Gasteiger partial charge in [0.1, 0.15) is 0 Å². The summed E-state index contributed by atoms with van der Waals surface area (Å²) in [5.41, 5.74) is 6.92. The Morgan fingerprint density at radius 3 is 2.60 bits per heavy atom. The monoisotopic (exact) mass is 278 g/mol. The molecular weight excluding hydrogens is 260 g/mol. The van der Waals surface area contributed by atoms with Gasteiger partial charge in [-0.05, 0) is 24.6 Å². The molecule has 1 aromatic rings. The lowest BCUT2D eigenvalue weighted by Gasteiger charge is -2.13. The predicted octanol–water partition coefficient (Wildman–Crippen LogP) is 0.918. The molecule has 0 atom stereocenters. The average Bonchev–Trinajstić information content (AvgIpc) is 2.67. The lowest BCUT2D eigenvalue weighted by atomic mass is 10.1. The zero-order chi connectivity index (χ0) is 14.5. The average molecular weight is 278 g/mol. The molecule has 0 aromatic heterocycles. The van der Waals surface area contributed by atoms with Gasteiger partial charge in [0.05, 0.1) is 24.3 Å². The van der Waals surface area contributed by atoms with Crippen LogP contribution < -0.4 is 5.73 Å². The SMILES string of the molecule is COCCOCCCN1C(=O)c2ccc(N)cc2C1=O. The Balaban J connectivity index is 1.89. The van der Waals surface area contributed by atoms with Gasteiger partial charge in [-0.2, -0.15) is 0 Å². The molecule has 1 aliphatic rings. The maximum Gasteiger partial charge on any atom is 0.261 e. The van der Waals surface area contributed by atoms with Gasteiger partial charge in [0.2, 0.25) is 0 Å². The van der Waals surface area contributed by atoms with E-state index in [1.54, 1.807) is 25.3 Å². The summed E-state index contributed by atoms with van der Waals surface area (Å²) in [5, 5.41) is 0. The minimum atomic E-state index is -0.283. The summed E-state index contributed by atoms with van der Waals surface area (Å²) in [6.07, 6.45) is 0.602. The quantitative estimate of drug-likeness (QED) is 0.455. The lowest BCUT2D eigenvalue weighted by Crippen LogP contribution is -2.31. The number of fused-ring (bicyclic) bond motifs is 1. The minimum Gasteiger partial charge on any atom is -0.399 e. The van der Waals surface area contributed by atoms with Crippen LogP contribution in [0.4, 0.5) is 5.69 Å². The van der Waals surface area contributed by atoms with Crippen LogP contribution in [0.3, 0.4) is 0 Å². The molecule has 0 saturated heterocycles. The maximum atomic E-state index is 12.1. The van der Waals surface area contributed by atoms with Crippen molar-refractivity contribution in [2.24, 2.45) is 0 Å². The fourth-order valence-corrected chi connectivity index (χ4v) is 2.08. The number of hydrogen-bond donors (Lipinski definition) is 1. The van der Waals surface area contributed by atoms with E-state index in [-0.39, 0.29) is 11.8 Å². The number of methoxy groups -OCH3 is 1. The third-order valence-corrected chi connectivity index (χ3v) is 3.10. The predicted molar refractivity (Wildman–Crippen MR) is 73.5 cm³/mol. The Morgan fingerprint density at radius 2 is 1.85 bits per heavy atom. The molecule has 0 saturated carbocycles. The molecule has 2 amide bonds. The Bertz CT molecular complexity index is 516. The normalized spacial score (nSPS) is 13.9. The first kappa shape index (κ1) is 14.5. The molecule has 1 heterocycles. The van der Waals surface area contributed by atoms with Crippen LogP contribution in [0.15, 0.2) is 18.2 Å². The van der Waals surface area contributed by atoms with Crippen LogP contribution >= 0.6 is 0 Å². The number of rotatable bonds is 7. The molecule has 6 heteroatoms. The van der Waals surface area contributed by atoms with Crippen LogP contribution in [-0.2, 0) is 9.47 Å². The van der Waals surface area contributed by atoms with E-state index >= 15 is 0 Å². The van der Waals surface area contributed by atoms with Crippen LogP contribution in [0.2, 0.25) is 0 Å². The lowest BCUT2D eigenvalue weighted by molar-refractivity contribution is 0.0558. The summed E-state index contributed by atoms with van der Waals surface area (Å²) in [5.74, 6) is -0.545. The Hall–Kier alpha value is -1.92. The van der Waals surface area contributed by atoms with Gasteiger partial charge in [-0.25, -0.2) is 0 Å². The van der Waals surface area contributed by atoms with Crippen molar-refractivity contribution in [3.05, 3.63) is 29.3 Å². The Labute approximate surface area is 117 Å². The molecule has 0 spiro atoms. The number of hydrogen-bond acceptors (Lipinski definition) is 5. The van der Waals surface area contributed by atoms with Crippen LogP contribution in [0.5, 0.6) is 0 Å². The maximum absolute atomic E-state index is 12.1. The van der Waals surface area contributed by atoms with Crippen molar-refractivity contribution in [3.8, 4) is 0 Å². The van der Waals surface area contributed by atoms with E-state index < -0.39 is 0 Å². The molecule has 1 aliphatic heterocycles. The van der Waals surface area contributed by atoms with E-state index in [2.05, 4.69) is 0 Å². The largest absolute Gasteiger partial charge is 0.399 e. The second kappa shape index (κ2) is 6.49. The number of imide groups is 1. The van der Waals surface area contributed by atoms with Crippen molar-refractivity contribution >= 4 is 17.5 Å². The molecular formula is C14H18N2O4. The van der Waals surface area contributed by atoms with Crippen LogP contribution in [0, 0.1) is 0 Å².